The summed E-state index contributed by atoms with van der Waals surface area (Å²) >= 11 is 6.23. The molecular weight excluding hydrogens is 278 g/mol. The third kappa shape index (κ3) is 3.48. The van der Waals surface area contributed by atoms with Crippen molar-refractivity contribution >= 4 is 11.6 Å². The van der Waals surface area contributed by atoms with Crippen LogP contribution in [0.2, 0.25) is 5.02 Å². The van der Waals surface area contributed by atoms with Crippen LogP contribution in [0, 0.1) is 27.7 Å². The van der Waals surface area contributed by atoms with E-state index in [1.54, 1.807) is 0 Å². The zero-order chi connectivity index (χ0) is 15.6. The van der Waals surface area contributed by atoms with Gasteiger partial charge in [0.05, 0.1) is 6.04 Å². The molecule has 0 aromatic heterocycles. The van der Waals surface area contributed by atoms with E-state index in [1.165, 1.54) is 33.4 Å². The molecule has 2 aromatic rings. The van der Waals surface area contributed by atoms with E-state index in [0.717, 1.165) is 11.6 Å². The van der Waals surface area contributed by atoms with Gasteiger partial charge in [0.1, 0.15) is 0 Å². The van der Waals surface area contributed by atoms with Crippen molar-refractivity contribution in [3.05, 3.63) is 68.7 Å². The minimum Gasteiger partial charge on any atom is -0.307 e. The summed E-state index contributed by atoms with van der Waals surface area (Å²) in [5.41, 5.74) is 7.87. The van der Waals surface area contributed by atoms with Crippen molar-refractivity contribution in [2.45, 2.75) is 40.7 Å². The van der Waals surface area contributed by atoms with E-state index in [-0.39, 0.29) is 6.04 Å². The Balaban J connectivity index is 2.61. The summed E-state index contributed by atoms with van der Waals surface area (Å²) in [7, 11) is 0. The molecule has 0 spiro atoms. The van der Waals surface area contributed by atoms with Crippen LogP contribution in [-0.2, 0) is 0 Å². The summed E-state index contributed by atoms with van der Waals surface area (Å²) in [5.74, 6) is 0. The predicted molar refractivity (Wildman–Crippen MR) is 92.4 cm³/mol. The average molecular weight is 302 g/mol. The van der Waals surface area contributed by atoms with Gasteiger partial charge in [-0.05, 0) is 74.2 Å². The van der Waals surface area contributed by atoms with Crippen LogP contribution in [0.1, 0.15) is 46.3 Å². The lowest BCUT2D eigenvalue weighted by Crippen LogP contribution is -2.24. The Morgan fingerprint density at radius 1 is 0.952 bits per heavy atom. The van der Waals surface area contributed by atoms with E-state index in [9.17, 15) is 0 Å². The highest BCUT2D eigenvalue weighted by Gasteiger charge is 2.19. The fourth-order valence-electron chi connectivity index (χ4n) is 3.14. The Morgan fingerprint density at radius 3 is 2.14 bits per heavy atom. The maximum atomic E-state index is 6.23. The SMILES string of the molecule is CCNC(c1cc(Cl)ccc1C)c1c(C)cc(C)cc1C. The fraction of sp³-hybridized carbons (Fsp3) is 0.368. The van der Waals surface area contributed by atoms with Gasteiger partial charge in [-0.1, -0.05) is 42.3 Å². The quantitative estimate of drug-likeness (QED) is 0.811. The summed E-state index contributed by atoms with van der Waals surface area (Å²) in [5, 5.41) is 4.42. The van der Waals surface area contributed by atoms with Crippen LogP contribution in [-0.4, -0.2) is 6.54 Å². The summed E-state index contributed by atoms with van der Waals surface area (Å²) in [6, 6.07) is 10.8. The Kier molecular flexibility index (Phi) is 5.08. The van der Waals surface area contributed by atoms with Gasteiger partial charge in [0, 0.05) is 5.02 Å². The average Bonchev–Trinajstić information content (AvgIpc) is 2.39. The molecular formula is C19H24ClN. The Bertz CT molecular complexity index is 623. The lowest BCUT2D eigenvalue weighted by Gasteiger charge is -2.25. The lowest BCUT2D eigenvalue weighted by atomic mass is 9.88. The topological polar surface area (TPSA) is 12.0 Å². The molecule has 0 heterocycles. The Morgan fingerprint density at radius 2 is 1.57 bits per heavy atom. The summed E-state index contributed by atoms with van der Waals surface area (Å²) in [6.07, 6.45) is 0. The smallest absolute Gasteiger partial charge is 0.0584 e. The molecule has 0 radical (unpaired) electrons. The normalized spacial score (nSPS) is 12.5. The standard InChI is InChI=1S/C19H24ClN/c1-6-21-19(17-11-16(20)8-7-13(17)3)18-14(4)9-12(2)10-15(18)5/h7-11,19,21H,6H2,1-5H3. The maximum Gasteiger partial charge on any atom is 0.0584 e. The zero-order valence-corrected chi connectivity index (χ0v) is 14.3. The second-order valence-corrected chi connectivity index (χ2v) is 6.24. The molecule has 1 N–H and O–H groups in total. The number of hydrogen-bond donors (Lipinski definition) is 1. The van der Waals surface area contributed by atoms with Crippen molar-refractivity contribution in [1.82, 2.24) is 5.32 Å². The fourth-order valence-corrected chi connectivity index (χ4v) is 3.32. The highest BCUT2D eigenvalue weighted by Crippen LogP contribution is 2.32. The van der Waals surface area contributed by atoms with Gasteiger partial charge in [0.2, 0.25) is 0 Å². The van der Waals surface area contributed by atoms with Gasteiger partial charge in [-0.15, -0.1) is 0 Å². The molecule has 0 aliphatic heterocycles. The second-order valence-electron chi connectivity index (χ2n) is 5.80. The molecule has 2 aromatic carbocycles. The van der Waals surface area contributed by atoms with Crippen LogP contribution < -0.4 is 5.32 Å². The summed E-state index contributed by atoms with van der Waals surface area (Å²) in [6.45, 7) is 11.7. The van der Waals surface area contributed by atoms with Crippen molar-refractivity contribution in [2.75, 3.05) is 6.54 Å². The van der Waals surface area contributed by atoms with Crippen LogP contribution in [0.5, 0.6) is 0 Å². The van der Waals surface area contributed by atoms with Gasteiger partial charge in [-0.2, -0.15) is 0 Å². The lowest BCUT2D eigenvalue weighted by molar-refractivity contribution is 0.621. The van der Waals surface area contributed by atoms with Crippen LogP contribution in [0.25, 0.3) is 0 Å². The highest BCUT2D eigenvalue weighted by molar-refractivity contribution is 6.30. The van der Waals surface area contributed by atoms with Crippen LogP contribution in [0.15, 0.2) is 30.3 Å². The molecule has 1 nitrogen and oxygen atoms in total. The molecule has 0 fully saturated rings. The molecule has 112 valence electrons. The third-order valence-corrected chi connectivity index (χ3v) is 4.22. The van der Waals surface area contributed by atoms with E-state index < -0.39 is 0 Å². The number of aryl methyl sites for hydroxylation is 4. The van der Waals surface area contributed by atoms with Gasteiger partial charge in [0.15, 0.2) is 0 Å². The van der Waals surface area contributed by atoms with E-state index in [2.05, 4.69) is 64.2 Å². The molecule has 0 amide bonds. The largest absolute Gasteiger partial charge is 0.307 e. The number of benzene rings is 2. The van der Waals surface area contributed by atoms with Gasteiger partial charge >= 0.3 is 0 Å². The Hall–Kier alpha value is -1.31. The zero-order valence-electron chi connectivity index (χ0n) is 13.5. The van der Waals surface area contributed by atoms with Crippen LogP contribution in [0.4, 0.5) is 0 Å². The molecule has 21 heavy (non-hydrogen) atoms. The minimum absolute atomic E-state index is 0.189. The monoisotopic (exact) mass is 301 g/mol. The first-order valence-corrected chi connectivity index (χ1v) is 7.89. The second kappa shape index (κ2) is 6.64. The minimum atomic E-state index is 0.189. The van der Waals surface area contributed by atoms with Crippen molar-refractivity contribution in [3.8, 4) is 0 Å². The maximum absolute atomic E-state index is 6.23. The predicted octanol–water partition coefficient (Wildman–Crippen LogP) is 5.27. The number of nitrogens with one attached hydrogen (secondary N) is 1. The van der Waals surface area contributed by atoms with E-state index in [4.69, 9.17) is 11.6 Å². The first kappa shape index (κ1) is 16.1. The molecule has 2 heteroatoms. The third-order valence-electron chi connectivity index (χ3n) is 3.99. The van der Waals surface area contributed by atoms with Gasteiger partial charge in [-0.25, -0.2) is 0 Å². The van der Waals surface area contributed by atoms with Gasteiger partial charge in [0.25, 0.3) is 0 Å². The van der Waals surface area contributed by atoms with Crippen molar-refractivity contribution in [2.24, 2.45) is 0 Å². The van der Waals surface area contributed by atoms with Crippen molar-refractivity contribution in [3.63, 3.8) is 0 Å². The molecule has 0 saturated heterocycles. The number of hydrogen-bond acceptors (Lipinski definition) is 1. The van der Waals surface area contributed by atoms with Gasteiger partial charge < -0.3 is 5.32 Å². The first-order chi connectivity index (χ1) is 9.93. The molecule has 1 atom stereocenters. The summed E-state index contributed by atoms with van der Waals surface area (Å²) in [4.78, 5) is 0. The van der Waals surface area contributed by atoms with Gasteiger partial charge in [-0.3, -0.25) is 0 Å². The molecule has 1 unspecified atom stereocenters. The highest BCUT2D eigenvalue weighted by atomic mass is 35.5. The first-order valence-electron chi connectivity index (χ1n) is 7.51. The summed E-state index contributed by atoms with van der Waals surface area (Å²) < 4.78 is 0. The molecule has 0 saturated carbocycles. The number of rotatable bonds is 4. The number of halogens is 1. The Labute approximate surface area is 133 Å². The molecule has 0 aliphatic rings. The molecule has 0 aliphatic carbocycles. The van der Waals surface area contributed by atoms with Crippen LogP contribution in [0.3, 0.4) is 0 Å². The van der Waals surface area contributed by atoms with E-state index >= 15 is 0 Å². The molecule has 0 bridgehead atoms. The van der Waals surface area contributed by atoms with Crippen molar-refractivity contribution < 1.29 is 0 Å². The van der Waals surface area contributed by atoms with Crippen molar-refractivity contribution in [1.29, 1.82) is 0 Å². The van der Waals surface area contributed by atoms with E-state index in [1.807, 2.05) is 6.07 Å². The van der Waals surface area contributed by atoms with Crippen LogP contribution >= 0.6 is 11.6 Å². The van der Waals surface area contributed by atoms with E-state index in [0.29, 0.717) is 0 Å². The molecule has 2 rings (SSSR count).